The van der Waals surface area contributed by atoms with Gasteiger partial charge in [0.1, 0.15) is 11.5 Å². The Bertz CT molecular complexity index is 985. The molecule has 0 saturated carbocycles. The van der Waals surface area contributed by atoms with Crippen molar-refractivity contribution in [1.82, 2.24) is 4.90 Å². The van der Waals surface area contributed by atoms with E-state index in [-0.39, 0.29) is 18.4 Å². The van der Waals surface area contributed by atoms with Gasteiger partial charge in [-0.3, -0.25) is 9.59 Å². The number of nitrogens with one attached hydrogen (secondary N) is 2. The molecule has 2 amide bonds. The van der Waals surface area contributed by atoms with Gasteiger partial charge >= 0.3 is 0 Å². The highest BCUT2D eigenvalue weighted by molar-refractivity contribution is 5.93. The van der Waals surface area contributed by atoms with Crippen LogP contribution in [0.3, 0.4) is 0 Å². The molecule has 0 fully saturated rings. The molecule has 0 radical (unpaired) electrons. The molecule has 6 heteroatoms. The molecule has 3 aromatic carbocycles. The van der Waals surface area contributed by atoms with Gasteiger partial charge in [0.15, 0.2) is 0 Å². The maximum absolute atomic E-state index is 12.2. The van der Waals surface area contributed by atoms with E-state index < -0.39 is 0 Å². The molecule has 160 valence electrons. The van der Waals surface area contributed by atoms with Crippen molar-refractivity contribution in [3.63, 3.8) is 0 Å². The normalized spacial score (nSPS) is 10.3. The zero-order chi connectivity index (χ0) is 22.1. The number of para-hydroxylation sites is 1. The van der Waals surface area contributed by atoms with Gasteiger partial charge in [-0.25, -0.2) is 0 Å². The fourth-order valence-electron chi connectivity index (χ4n) is 2.88. The summed E-state index contributed by atoms with van der Waals surface area (Å²) in [6.07, 6.45) is 1.18. The number of benzene rings is 3. The fourth-order valence-corrected chi connectivity index (χ4v) is 2.88. The number of anilines is 2. The van der Waals surface area contributed by atoms with Gasteiger partial charge in [0, 0.05) is 31.9 Å². The van der Waals surface area contributed by atoms with Crippen LogP contribution in [0, 0.1) is 0 Å². The Balaban J connectivity index is 1.43. The Morgan fingerprint density at radius 2 is 1.42 bits per heavy atom. The maximum Gasteiger partial charge on any atom is 0.243 e. The number of aryl methyl sites for hydroxylation is 1. The second kappa shape index (κ2) is 10.8. The van der Waals surface area contributed by atoms with Crippen molar-refractivity contribution < 1.29 is 14.3 Å². The molecule has 0 aromatic heterocycles. The molecule has 0 spiro atoms. The first-order chi connectivity index (χ1) is 15.0. The van der Waals surface area contributed by atoms with Crippen LogP contribution >= 0.6 is 0 Å². The Hall–Kier alpha value is -3.80. The van der Waals surface area contributed by atoms with E-state index in [2.05, 4.69) is 10.6 Å². The third kappa shape index (κ3) is 7.19. The molecular formula is C25H27N3O3. The van der Waals surface area contributed by atoms with Crippen LogP contribution in [0.25, 0.3) is 0 Å². The Morgan fingerprint density at radius 1 is 0.806 bits per heavy atom. The van der Waals surface area contributed by atoms with Gasteiger partial charge in [0.05, 0.1) is 6.54 Å². The largest absolute Gasteiger partial charge is 0.457 e. The SMILES string of the molecule is CN(C)C(=O)CCc1ccc(NCC(=O)Nc2ccc(Oc3ccccc3)cc2)cc1. The molecule has 31 heavy (non-hydrogen) atoms. The molecule has 0 saturated heterocycles. The van der Waals surface area contributed by atoms with Gasteiger partial charge in [-0.05, 0) is 60.5 Å². The molecule has 3 rings (SSSR count). The molecule has 0 unspecified atom stereocenters. The Labute approximate surface area is 182 Å². The van der Waals surface area contributed by atoms with Crippen molar-refractivity contribution >= 4 is 23.2 Å². The van der Waals surface area contributed by atoms with E-state index in [0.717, 1.165) is 17.0 Å². The quantitative estimate of drug-likeness (QED) is 0.536. The minimum atomic E-state index is -0.141. The highest BCUT2D eigenvalue weighted by Crippen LogP contribution is 2.22. The van der Waals surface area contributed by atoms with Crippen LogP contribution in [0.1, 0.15) is 12.0 Å². The minimum absolute atomic E-state index is 0.110. The lowest BCUT2D eigenvalue weighted by molar-refractivity contribution is -0.128. The number of hydrogen-bond donors (Lipinski definition) is 2. The third-order valence-corrected chi connectivity index (χ3v) is 4.65. The van der Waals surface area contributed by atoms with Crippen LogP contribution in [0.2, 0.25) is 0 Å². The van der Waals surface area contributed by atoms with Crippen LogP contribution < -0.4 is 15.4 Å². The van der Waals surface area contributed by atoms with Crippen LogP contribution in [-0.2, 0) is 16.0 Å². The monoisotopic (exact) mass is 417 g/mol. The zero-order valence-corrected chi connectivity index (χ0v) is 17.8. The predicted octanol–water partition coefficient (Wildman–Crippen LogP) is 4.55. The topological polar surface area (TPSA) is 70.7 Å². The summed E-state index contributed by atoms with van der Waals surface area (Å²) in [4.78, 5) is 25.5. The van der Waals surface area contributed by atoms with E-state index in [1.807, 2.05) is 66.7 Å². The fraction of sp³-hybridized carbons (Fsp3) is 0.200. The molecule has 2 N–H and O–H groups in total. The van der Waals surface area contributed by atoms with E-state index in [4.69, 9.17) is 4.74 Å². The molecule has 0 heterocycles. The number of carbonyl (C=O) groups excluding carboxylic acids is 2. The Kier molecular flexibility index (Phi) is 7.65. The highest BCUT2D eigenvalue weighted by Gasteiger charge is 2.06. The van der Waals surface area contributed by atoms with Gasteiger partial charge in [0.2, 0.25) is 11.8 Å². The van der Waals surface area contributed by atoms with Crippen LogP contribution in [-0.4, -0.2) is 37.4 Å². The summed E-state index contributed by atoms with van der Waals surface area (Å²) in [6, 6.07) is 24.5. The summed E-state index contributed by atoms with van der Waals surface area (Å²) in [5, 5.41) is 5.97. The van der Waals surface area contributed by atoms with Gasteiger partial charge in [-0.1, -0.05) is 30.3 Å². The molecule has 0 aliphatic heterocycles. The average Bonchev–Trinajstić information content (AvgIpc) is 2.78. The van der Waals surface area contributed by atoms with Crippen molar-refractivity contribution in [2.45, 2.75) is 12.8 Å². The summed E-state index contributed by atoms with van der Waals surface area (Å²) in [5.41, 5.74) is 2.64. The van der Waals surface area contributed by atoms with Gasteiger partial charge in [0.25, 0.3) is 0 Å². The number of carbonyl (C=O) groups is 2. The Morgan fingerprint density at radius 3 is 2.06 bits per heavy atom. The highest BCUT2D eigenvalue weighted by atomic mass is 16.5. The summed E-state index contributed by atoms with van der Waals surface area (Å²) in [6.45, 7) is 0.154. The smallest absolute Gasteiger partial charge is 0.243 e. The first kappa shape index (κ1) is 21.9. The van der Waals surface area contributed by atoms with E-state index in [0.29, 0.717) is 24.3 Å². The van der Waals surface area contributed by atoms with Crippen molar-refractivity contribution in [2.75, 3.05) is 31.3 Å². The van der Waals surface area contributed by atoms with Crippen molar-refractivity contribution in [2.24, 2.45) is 0 Å². The van der Waals surface area contributed by atoms with Crippen LogP contribution in [0.15, 0.2) is 78.9 Å². The lowest BCUT2D eigenvalue weighted by atomic mass is 10.1. The lowest BCUT2D eigenvalue weighted by Gasteiger charge is -2.11. The predicted molar refractivity (Wildman–Crippen MR) is 124 cm³/mol. The molecule has 0 aliphatic carbocycles. The van der Waals surface area contributed by atoms with Crippen molar-refractivity contribution in [1.29, 1.82) is 0 Å². The molecule has 0 atom stereocenters. The summed E-state index contributed by atoms with van der Waals surface area (Å²) in [7, 11) is 3.51. The standard InChI is InChI=1S/C25H27N3O3/c1-28(2)25(30)17-10-19-8-11-20(12-9-19)26-18-24(29)27-21-13-15-23(16-14-21)31-22-6-4-3-5-7-22/h3-9,11-16,26H,10,17-18H2,1-2H3,(H,27,29). The van der Waals surface area contributed by atoms with Gasteiger partial charge in [-0.2, -0.15) is 0 Å². The molecular weight excluding hydrogens is 390 g/mol. The average molecular weight is 418 g/mol. The number of nitrogens with zero attached hydrogens (tertiary/aromatic N) is 1. The number of ether oxygens (including phenoxy) is 1. The van der Waals surface area contributed by atoms with Crippen molar-refractivity contribution in [3.05, 3.63) is 84.4 Å². The maximum atomic E-state index is 12.2. The van der Waals surface area contributed by atoms with E-state index in [1.54, 1.807) is 31.1 Å². The number of amides is 2. The number of rotatable bonds is 9. The van der Waals surface area contributed by atoms with E-state index in [9.17, 15) is 9.59 Å². The van der Waals surface area contributed by atoms with E-state index >= 15 is 0 Å². The first-order valence-corrected chi connectivity index (χ1v) is 10.2. The summed E-state index contributed by atoms with van der Waals surface area (Å²) >= 11 is 0. The lowest BCUT2D eigenvalue weighted by Crippen LogP contribution is -2.22. The van der Waals surface area contributed by atoms with E-state index in [1.165, 1.54) is 0 Å². The summed E-state index contributed by atoms with van der Waals surface area (Å²) < 4.78 is 5.75. The third-order valence-electron chi connectivity index (χ3n) is 4.65. The second-order valence-electron chi connectivity index (χ2n) is 7.33. The molecule has 0 aliphatic rings. The number of hydrogen-bond acceptors (Lipinski definition) is 4. The van der Waals surface area contributed by atoms with Crippen LogP contribution in [0.4, 0.5) is 11.4 Å². The second-order valence-corrected chi connectivity index (χ2v) is 7.33. The molecule has 6 nitrogen and oxygen atoms in total. The minimum Gasteiger partial charge on any atom is -0.457 e. The van der Waals surface area contributed by atoms with Gasteiger partial charge in [-0.15, -0.1) is 0 Å². The van der Waals surface area contributed by atoms with Crippen molar-refractivity contribution in [3.8, 4) is 11.5 Å². The zero-order valence-electron chi connectivity index (χ0n) is 17.8. The van der Waals surface area contributed by atoms with Gasteiger partial charge < -0.3 is 20.3 Å². The van der Waals surface area contributed by atoms with Crippen LogP contribution in [0.5, 0.6) is 11.5 Å². The summed E-state index contributed by atoms with van der Waals surface area (Å²) in [5.74, 6) is 1.43. The molecule has 3 aromatic rings. The molecule has 0 bridgehead atoms. The first-order valence-electron chi connectivity index (χ1n) is 10.2.